The molecule has 29 heavy (non-hydrogen) atoms. The molecule has 1 saturated heterocycles. The number of hydrogen-bond donors (Lipinski definition) is 2. The summed E-state index contributed by atoms with van der Waals surface area (Å²) in [5, 5.41) is 15.2. The standard InChI is InChI=1S/C20H21N5O4/c1-29-15-9-11-24(12-10-15)18(26)14-7-5-13(6-8-14)16-3-2-4-17-21-19(22-20(27)28)23-25(16)17/h2-8,15H,9-12H2,1H3,(H,22,23)(H,27,28). The van der Waals surface area contributed by atoms with Gasteiger partial charge in [-0.1, -0.05) is 18.2 Å². The number of fused-ring (bicyclic) bond motifs is 1. The number of pyridine rings is 1. The number of carbonyl (C=O) groups excluding carboxylic acids is 1. The van der Waals surface area contributed by atoms with Gasteiger partial charge in [0, 0.05) is 31.3 Å². The lowest BCUT2D eigenvalue weighted by molar-refractivity contribution is 0.0351. The number of piperidine rings is 1. The third-order valence-electron chi connectivity index (χ3n) is 5.07. The molecular weight excluding hydrogens is 374 g/mol. The van der Waals surface area contributed by atoms with Crippen LogP contribution in [0.1, 0.15) is 23.2 Å². The van der Waals surface area contributed by atoms with Gasteiger partial charge in [0.25, 0.3) is 11.9 Å². The van der Waals surface area contributed by atoms with E-state index < -0.39 is 6.09 Å². The second-order valence-electron chi connectivity index (χ2n) is 6.85. The fraction of sp³-hybridized carbons (Fsp3) is 0.300. The Labute approximate surface area is 166 Å². The SMILES string of the molecule is COC1CCN(C(=O)c2ccc(-c3cccc4nc(NC(=O)O)nn34)cc2)CC1. The smallest absolute Gasteiger partial charge is 0.411 e. The van der Waals surface area contributed by atoms with Crippen molar-refractivity contribution in [3.05, 3.63) is 48.0 Å². The normalized spacial score (nSPS) is 14.9. The number of carbonyl (C=O) groups is 2. The summed E-state index contributed by atoms with van der Waals surface area (Å²) in [5.74, 6) is 0.0224. The molecule has 2 amide bonds. The molecule has 1 aliphatic rings. The second kappa shape index (κ2) is 7.88. The monoisotopic (exact) mass is 395 g/mol. The fourth-order valence-electron chi connectivity index (χ4n) is 3.53. The number of benzene rings is 1. The van der Waals surface area contributed by atoms with Crippen molar-refractivity contribution in [3.8, 4) is 11.3 Å². The maximum absolute atomic E-state index is 12.8. The molecule has 0 radical (unpaired) electrons. The Morgan fingerprint density at radius 1 is 1.14 bits per heavy atom. The van der Waals surface area contributed by atoms with Gasteiger partial charge in [0.2, 0.25) is 0 Å². The van der Waals surface area contributed by atoms with Crippen molar-refractivity contribution in [1.82, 2.24) is 19.5 Å². The summed E-state index contributed by atoms with van der Waals surface area (Å²) in [6, 6.07) is 12.7. The van der Waals surface area contributed by atoms with Crippen LogP contribution in [0.15, 0.2) is 42.5 Å². The maximum atomic E-state index is 12.8. The number of carboxylic acid groups (broad SMARTS) is 1. The summed E-state index contributed by atoms with van der Waals surface area (Å²) in [6.07, 6.45) is 0.702. The molecule has 0 atom stereocenters. The van der Waals surface area contributed by atoms with Crippen LogP contribution in [-0.2, 0) is 4.74 Å². The number of amides is 2. The number of ether oxygens (including phenoxy) is 1. The number of hydrogen-bond acceptors (Lipinski definition) is 5. The topological polar surface area (TPSA) is 109 Å². The minimum Gasteiger partial charge on any atom is -0.465 e. The predicted molar refractivity (Wildman–Crippen MR) is 106 cm³/mol. The van der Waals surface area contributed by atoms with Crippen LogP contribution >= 0.6 is 0 Å². The zero-order valence-corrected chi connectivity index (χ0v) is 15.9. The first-order chi connectivity index (χ1) is 14.0. The van der Waals surface area contributed by atoms with E-state index in [1.54, 1.807) is 29.8 Å². The molecule has 4 rings (SSSR count). The molecule has 150 valence electrons. The van der Waals surface area contributed by atoms with Crippen LogP contribution in [0.4, 0.5) is 10.7 Å². The fourth-order valence-corrected chi connectivity index (χ4v) is 3.53. The third-order valence-corrected chi connectivity index (χ3v) is 5.07. The Bertz CT molecular complexity index is 1040. The highest BCUT2D eigenvalue weighted by Gasteiger charge is 2.23. The van der Waals surface area contributed by atoms with Crippen LogP contribution in [0, 0.1) is 0 Å². The molecule has 9 nitrogen and oxygen atoms in total. The van der Waals surface area contributed by atoms with Gasteiger partial charge in [0.15, 0.2) is 5.65 Å². The molecule has 0 saturated carbocycles. The molecule has 3 heterocycles. The van der Waals surface area contributed by atoms with Crippen LogP contribution in [0.25, 0.3) is 16.9 Å². The first-order valence-corrected chi connectivity index (χ1v) is 9.33. The Morgan fingerprint density at radius 3 is 2.52 bits per heavy atom. The van der Waals surface area contributed by atoms with E-state index in [1.807, 2.05) is 29.2 Å². The quantitative estimate of drug-likeness (QED) is 0.703. The summed E-state index contributed by atoms with van der Waals surface area (Å²) >= 11 is 0. The third kappa shape index (κ3) is 3.90. The number of nitrogens with zero attached hydrogens (tertiary/aromatic N) is 4. The average molecular weight is 395 g/mol. The predicted octanol–water partition coefficient (Wildman–Crippen LogP) is 2.74. The Balaban J connectivity index is 1.56. The van der Waals surface area contributed by atoms with Crippen molar-refractivity contribution in [2.45, 2.75) is 18.9 Å². The highest BCUT2D eigenvalue weighted by molar-refractivity contribution is 5.94. The van der Waals surface area contributed by atoms with Crippen molar-refractivity contribution in [1.29, 1.82) is 0 Å². The minimum atomic E-state index is -1.22. The van der Waals surface area contributed by atoms with Gasteiger partial charge in [0.1, 0.15) is 0 Å². The van der Waals surface area contributed by atoms with Gasteiger partial charge in [0.05, 0.1) is 11.8 Å². The Morgan fingerprint density at radius 2 is 1.86 bits per heavy atom. The summed E-state index contributed by atoms with van der Waals surface area (Å²) in [4.78, 5) is 29.6. The van der Waals surface area contributed by atoms with Gasteiger partial charge in [-0.3, -0.25) is 10.1 Å². The Hall–Kier alpha value is -3.46. The van der Waals surface area contributed by atoms with Crippen molar-refractivity contribution in [2.75, 3.05) is 25.5 Å². The van der Waals surface area contributed by atoms with Crippen LogP contribution in [-0.4, -0.2) is 62.9 Å². The summed E-state index contributed by atoms with van der Waals surface area (Å²) < 4.78 is 6.93. The molecule has 3 aromatic rings. The Kier molecular flexibility index (Phi) is 5.13. The lowest BCUT2D eigenvalue weighted by Gasteiger charge is -2.31. The molecule has 1 fully saturated rings. The lowest BCUT2D eigenvalue weighted by Crippen LogP contribution is -2.40. The first kappa shape index (κ1) is 18.9. The largest absolute Gasteiger partial charge is 0.465 e. The van der Waals surface area contributed by atoms with Crippen molar-refractivity contribution >= 4 is 23.6 Å². The molecule has 0 unspecified atom stereocenters. The zero-order valence-electron chi connectivity index (χ0n) is 15.9. The van der Waals surface area contributed by atoms with Gasteiger partial charge in [-0.2, -0.15) is 4.98 Å². The molecule has 0 spiro atoms. The molecule has 1 aliphatic heterocycles. The number of anilines is 1. The summed E-state index contributed by atoms with van der Waals surface area (Å²) in [5.41, 5.74) is 2.74. The van der Waals surface area contributed by atoms with E-state index in [0.29, 0.717) is 24.3 Å². The number of rotatable bonds is 4. The maximum Gasteiger partial charge on any atom is 0.411 e. The van der Waals surface area contributed by atoms with E-state index >= 15 is 0 Å². The summed E-state index contributed by atoms with van der Waals surface area (Å²) in [6.45, 7) is 1.38. The van der Waals surface area contributed by atoms with Gasteiger partial charge in [-0.25, -0.2) is 9.31 Å². The second-order valence-corrected chi connectivity index (χ2v) is 6.85. The number of methoxy groups -OCH3 is 1. The lowest BCUT2D eigenvalue weighted by atomic mass is 10.0. The van der Waals surface area contributed by atoms with Crippen LogP contribution in [0.5, 0.6) is 0 Å². The van der Waals surface area contributed by atoms with Crippen molar-refractivity contribution in [3.63, 3.8) is 0 Å². The van der Waals surface area contributed by atoms with Crippen LogP contribution < -0.4 is 5.32 Å². The number of aromatic nitrogens is 3. The molecule has 0 aliphatic carbocycles. The van der Waals surface area contributed by atoms with Crippen LogP contribution in [0.3, 0.4) is 0 Å². The molecule has 9 heteroatoms. The molecule has 2 N–H and O–H groups in total. The van der Waals surface area contributed by atoms with E-state index in [9.17, 15) is 9.59 Å². The van der Waals surface area contributed by atoms with E-state index in [2.05, 4.69) is 15.4 Å². The van der Waals surface area contributed by atoms with Crippen LogP contribution in [0.2, 0.25) is 0 Å². The van der Waals surface area contributed by atoms with E-state index in [0.717, 1.165) is 24.1 Å². The van der Waals surface area contributed by atoms with Crippen molar-refractivity contribution in [2.24, 2.45) is 0 Å². The van der Waals surface area contributed by atoms with Gasteiger partial charge < -0.3 is 14.7 Å². The molecule has 1 aromatic carbocycles. The van der Waals surface area contributed by atoms with Gasteiger partial charge in [-0.15, -0.1) is 5.10 Å². The molecule has 0 bridgehead atoms. The summed E-state index contributed by atoms with van der Waals surface area (Å²) in [7, 11) is 1.71. The van der Waals surface area contributed by atoms with Gasteiger partial charge in [-0.05, 0) is 37.1 Å². The van der Waals surface area contributed by atoms with Gasteiger partial charge >= 0.3 is 6.09 Å². The highest BCUT2D eigenvalue weighted by atomic mass is 16.5. The van der Waals surface area contributed by atoms with E-state index in [4.69, 9.17) is 9.84 Å². The minimum absolute atomic E-state index is 0.0104. The zero-order chi connectivity index (χ0) is 20.4. The molecular formula is C20H21N5O4. The first-order valence-electron chi connectivity index (χ1n) is 9.33. The van der Waals surface area contributed by atoms with E-state index in [1.165, 1.54) is 0 Å². The van der Waals surface area contributed by atoms with E-state index in [-0.39, 0.29) is 18.0 Å². The number of nitrogens with one attached hydrogen (secondary N) is 1. The van der Waals surface area contributed by atoms with Crippen molar-refractivity contribution < 1.29 is 19.4 Å². The highest BCUT2D eigenvalue weighted by Crippen LogP contribution is 2.23. The number of likely N-dealkylation sites (tertiary alicyclic amines) is 1. The average Bonchev–Trinajstić information content (AvgIpc) is 3.15. The molecule has 2 aromatic heterocycles.